The van der Waals surface area contributed by atoms with Crippen molar-refractivity contribution in [2.24, 2.45) is 0 Å². The first-order valence-corrected chi connectivity index (χ1v) is 10.3. The third kappa shape index (κ3) is 4.19. The van der Waals surface area contributed by atoms with Crippen LogP contribution in [0.1, 0.15) is 0 Å². The second-order valence-corrected chi connectivity index (χ2v) is 8.16. The van der Waals surface area contributed by atoms with Crippen LogP contribution in [0, 0.1) is 0 Å². The van der Waals surface area contributed by atoms with Gasteiger partial charge in [0.15, 0.2) is 0 Å². The highest BCUT2D eigenvalue weighted by Crippen LogP contribution is 2.42. The Bertz CT molecular complexity index is 905. The van der Waals surface area contributed by atoms with Gasteiger partial charge in [0.1, 0.15) is 0 Å². The summed E-state index contributed by atoms with van der Waals surface area (Å²) in [5.74, 6) is 0. The Kier molecular flexibility index (Phi) is 5.47. The molecule has 4 aromatic carbocycles. The maximum absolute atomic E-state index is 3.65. The first-order valence-electron chi connectivity index (χ1n) is 8.99. The minimum atomic E-state index is -0.792. The van der Waals surface area contributed by atoms with E-state index in [9.17, 15) is 0 Å². The highest BCUT2D eigenvalue weighted by atomic mass is 31.1. The van der Waals surface area contributed by atoms with Crippen LogP contribution in [-0.4, -0.2) is 0 Å². The van der Waals surface area contributed by atoms with E-state index >= 15 is 0 Å². The highest BCUT2D eigenvalue weighted by Gasteiger charge is 2.23. The zero-order chi connectivity index (χ0) is 18.3. The molecule has 0 saturated carbocycles. The van der Waals surface area contributed by atoms with Crippen molar-refractivity contribution in [2.75, 3.05) is 10.2 Å². The van der Waals surface area contributed by atoms with E-state index in [4.69, 9.17) is 0 Å². The van der Waals surface area contributed by atoms with Crippen molar-refractivity contribution in [1.29, 1.82) is 0 Å². The van der Waals surface area contributed by atoms with Crippen molar-refractivity contribution < 1.29 is 0 Å². The summed E-state index contributed by atoms with van der Waals surface area (Å²) in [7, 11) is -0.792. The van der Waals surface area contributed by atoms with Crippen LogP contribution in [0.2, 0.25) is 0 Å². The topological polar surface area (TPSA) is 15.3 Å². The third-order valence-corrected chi connectivity index (χ3v) is 6.52. The lowest BCUT2D eigenvalue weighted by atomic mass is 10.3. The highest BCUT2D eigenvalue weighted by molar-refractivity contribution is 7.74. The third-order valence-electron chi connectivity index (χ3n) is 4.21. The SMILES string of the molecule is c1ccc(NN(c2ccccc2)P(c2ccccc2)c2ccccc2)cc1. The van der Waals surface area contributed by atoms with Crippen LogP contribution in [0.3, 0.4) is 0 Å². The molecule has 0 saturated heterocycles. The monoisotopic (exact) mass is 368 g/mol. The number of benzene rings is 4. The van der Waals surface area contributed by atoms with E-state index in [1.807, 2.05) is 6.07 Å². The van der Waals surface area contributed by atoms with Crippen molar-refractivity contribution in [2.45, 2.75) is 0 Å². The molecule has 0 fully saturated rings. The standard InChI is InChI=1S/C24H21N2P/c1-5-13-21(14-6-1)25-26(22-15-7-2-8-16-22)27(23-17-9-3-10-18-23)24-19-11-4-12-20-24/h1-20,25H. The summed E-state index contributed by atoms with van der Waals surface area (Å²) in [4.78, 5) is 0. The molecule has 0 aliphatic rings. The van der Waals surface area contributed by atoms with Crippen molar-refractivity contribution >= 4 is 30.1 Å². The maximum Gasteiger partial charge on any atom is 0.0781 e. The lowest BCUT2D eigenvalue weighted by Crippen LogP contribution is -2.33. The van der Waals surface area contributed by atoms with Crippen LogP contribution in [0.5, 0.6) is 0 Å². The Morgan fingerprint density at radius 2 is 0.889 bits per heavy atom. The molecular weight excluding hydrogens is 347 g/mol. The number of nitrogens with zero attached hydrogens (tertiary/aromatic N) is 1. The number of para-hydroxylation sites is 2. The largest absolute Gasteiger partial charge is 0.295 e. The minimum absolute atomic E-state index is 0.792. The molecule has 0 amide bonds. The molecule has 0 heterocycles. The minimum Gasteiger partial charge on any atom is -0.295 e. The van der Waals surface area contributed by atoms with Crippen molar-refractivity contribution in [1.82, 2.24) is 0 Å². The molecule has 0 aliphatic carbocycles. The zero-order valence-electron chi connectivity index (χ0n) is 14.9. The number of rotatable bonds is 6. The zero-order valence-corrected chi connectivity index (χ0v) is 15.8. The predicted molar refractivity (Wildman–Crippen MR) is 118 cm³/mol. The van der Waals surface area contributed by atoms with Gasteiger partial charge in [-0.25, -0.2) is 0 Å². The fourth-order valence-electron chi connectivity index (χ4n) is 2.95. The summed E-state index contributed by atoms with van der Waals surface area (Å²) < 4.78 is 2.30. The molecule has 1 N–H and O–H groups in total. The van der Waals surface area contributed by atoms with Crippen molar-refractivity contribution in [3.8, 4) is 0 Å². The van der Waals surface area contributed by atoms with Gasteiger partial charge in [-0.05, 0) is 24.3 Å². The number of nitrogens with one attached hydrogen (secondary N) is 1. The van der Waals surface area contributed by atoms with Gasteiger partial charge in [0, 0.05) is 10.6 Å². The number of hydrogen-bond donors (Lipinski definition) is 1. The average molecular weight is 368 g/mol. The molecule has 0 atom stereocenters. The van der Waals surface area contributed by atoms with Crippen LogP contribution in [-0.2, 0) is 0 Å². The molecule has 4 rings (SSSR count). The van der Waals surface area contributed by atoms with E-state index in [-0.39, 0.29) is 0 Å². The Labute approximate surface area is 161 Å². The second-order valence-electron chi connectivity index (χ2n) is 6.11. The second kappa shape index (κ2) is 8.53. The van der Waals surface area contributed by atoms with Crippen LogP contribution in [0.4, 0.5) is 11.4 Å². The molecule has 0 unspecified atom stereocenters. The Balaban J connectivity index is 1.83. The van der Waals surface area contributed by atoms with Gasteiger partial charge in [-0.2, -0.15) is 0 Å². The van der Waals surface area contributed by atoms with Gasteiger partial charge in [0.2, 0.25) is 0 Å². The van der Waals surface area contributed by atoms with Gasteiger partial charge in [-0.1, -0.05) is 97.1 Å². The van der Waals surface area contributed by atoms with E-state index < -0.39 is 8.07 Å². The quantitative estimate of drug-likeness (QED) is 0.354. The Morgan fingerprint density at radius 1 is 0.481 bits per heavy atom. The smallest absolute Gasteiger partial charge is 0.0781 e. The normalized spacial score (nSPS) is 10.6. The molecule has 0 spiro atoms. The summed E-state index contributed by atoms with van der Waals surface area (Å²) in [6, 6.07) is 42.3. The molecular formula is C24H21N2P. The average Bonchev–Trinajstić information content (AvgIpc) is 2.76. The number of hydrogen-bond acceptors (Lipinski definition) is 2. The van der Waals surface area contributed by atoms with E-state index in [1.165, 1.54) is 10.6 Å². The fourth-order valence-corrected chi connectivity index (χ4v) is 5.20. The summed E-state index contributed by atoms with van der Waals surface area (Å²) >= 11 is 0. The van der Waals surface area contributed by atoms with Gasteiger partial charge < -0.3 is 0 Å². The predicted octanol–water partition coefficient (Wildman–Crippen LogP) is 5.57. The summed E-state index contributed by atoms with van der Waals surface area (Å²) in [6.07, 6.45) is 0. The van der Waals surface area contributed by atoms with Gasteiger partial charge in [-0.3, -0.25) is 10.2 Å². The molecule has 0 aliphatic heterocycles. The molecule has 0 aromatic heterocycles. The van der Waals surface area contributed by atoms with E-state index in [1.54, 1.807) is 0 Å². The van der Waals surface area contributed by atoms with E-state index in [2.05, 4.69) is 125 Å². The fraction of sp³-hybridized carbons (Fsp3) is 0. The van der Waals surface area contributed by atoms with Crippen LogP contribution < -0.4 is 20.8 Å². The van der Waals surface area contributed by atoms with E-state index in [0.717, 1.165) is 11.4 Å². The molecule has 4 aromatic rings. The van der Waals surface area contributed by atoms with Gasteiger partial charge in [0.25, 0.3) is 0 Å². The number of anilines is 2. The summed E-state index contributed by atoms with van der Waals surface area (Å²) in [5, 5.41) is 2.59. The molecule has 2 nitrogen and oxygen atoms in total. The van der Waals surface area contributed by atoms with Gasteiger partial charge >= 0.3 is 0 Å². The van der Waals surface area contributed by atoms with E-state index in [0.29, 0.717) is 0 Å². The lowest BCUT2D eigenvalue weighted by molar-refractivity contribution is 1.27. The van der Waals surface area contributed by atoms with Crippen LogP contribution in [0.15, 0.2) is 121 Å². The first-order chi connectivity index (χ1) is 13.4. The van der Waals surface area contributed by atoms with Crippen LogP contribution in [0.25, 0.3) is 0 Å². The number of hydrazine groups is 1. The van der Waals surface area contributed by atoms with Crippen LogP contribution >= 0.6 is 8.07 Å². The van der Waals surface area contributed by atoms with Gasteiger partial charge in [0.05, 0.1) is 19.4 Å². The lowest BCUT2D eigenvalue weighted by Gasteiger charge is -2.35. The van der Waals surface area contributed by atoms with Crippen molar-refractivity contribution in [3.05, 3.63) is 121 Å². The summed E-state index contributed by atoms with van der Waals surface area (Å²) in [5.41, 5.74) is 5.86. The molecule has 0 radical (unpaired) electrons. The Morgan fingerprint density at radius 3 is 1.37 bits per heavy atom. The molecule has 132 valence electrons. The molecule has 27 heavy (non-hydrogen) atoms. The van der Waals surface area contributed by atoms with Gasteiger partial charge in [-0.15, -0.1) is 0 Å². The molecule has 0 bridgehead atoms. The first kappa shape index (κ1) is 17.3. The van der Waals surface area contributed by atoms with Crippen molar-refractivity contribution in [3.63, 3.8) is 0 Å². The Hall–Kier alpha value is -3.09. The molecule has 3 heteroatoms. The maximum atomic E-state index is 3.65. The summed E-state index contributed by atoms with van der Waals surface area (Å²) in [6.45, 7) is 0.